The van der Waals surface area contributed by atoms with E-state index in [1.807, 2.05) is 24.3 Å². The normalized spacial score (nSPS) is 18.1. The molecule has 1 unspecified atom stereocenters. The van der Waals surface area contributed by atoms with Gasteiger partial charge >= 0.3 is 0 Å². The molecule has 1 atom stereocenters. The van der Waals surface area contributed by atoms with Crippen LogP contribution in [0, 0.1) is 5.82 Å². The fourth-order valence-corrected chi connectivity index (χ4v) is 4.11. The Hall–Kier alpha value is -1.91. The van der Waals surface area contributed by atoms with Crippen LogP contribution in [-0.4, -0.2) is 19.6 Å². The SMILES string of the molecule is COC(C)(CNC(=O)C1(c2ccc(Cl)cc2)CCCC1)c1ccccc1F. The van der Waals surface area contributed by atoms with Crippen molar-refractivity contribution in [3.63, 3.8) is 0 Å². The molecule has 0 radical (unpaired) electrons. The molecule has 3 rings (SSSR count). The first-order valence-corrected chi connectivity index (χ1v) is 9.64. The standard InChI is InChI=1S/C22H25ClFNO2/c1-21(27-2,18-7-3-4-8-19(18)24)15-25-20(26)22(13-5-6-14-22)16-9-11-17(23)12-10-16/h3-4,7-12H,5-6,13-15H2,1-2H3,(H,25,26). The molecular weight excluding hydrogens is 365 g/mol. The Bertz CT molecular complexity index is 802. The van der Waals surface area contributed by atoms with Gasteiger partial charge in [-0.3, -0.25) is 4.79 Å². The largest absolute Gasteiger partial charge is 0.372 e. The predicted molar refractivity (Wildman–Crippen MR) is 105 cm³/mol. The maximum absolute atomic E-state index is 14.3. The second kappa shape index (κ2) is 7.99. The molecule has 1 N–H and O–H groups in total. The fourth-order valence-electron chi connectivity index (χ4n) is 3.98. The fraction of sp³-hybridized carbons (Fsp3) is 0.409. The zero-order valence-electron chi connectivity index (χ0n) is 15.7. The molecule has 144 valence electrons. The highest BCUT2D eigenvalue weighted by Crippen LogP contribution is 2.42. The van der Waals surface area contributed by atoms with Gasteiger partial charge in [-0.2, -0.15) is 0 Å². The Morgan fingerprint density at radius 3 is 2.41 bits per heavy atom. The van der Waals surface area contributed by atoms with Gasteiger partial charge in [0.1, 0.15) is 11.4 Å². The van der Waals surface area contributed by atoms with Crippen molar-refractivity contribution in [1.29, 1.82) is 0 Å². The summed E-state index contributed by atoms with van der Waals surface area (Å²) in [6.45, 7) is 1.98. The van der Waals surface area contributed by atoms with Crippen LogP contribution in [0.25, 0.3) is 0 Å². The van der Waals surface area contributed by atoms with Gasteiger partial charge in [0.05, 0.1) is 12.0 Å². The van der Waals surface area contributed by atoms with E-state index in [0.717, 1.165) is 31.2 Å². The molecule has 0 saturated heterocycles. The summed E-state index contributed by atoms with van der Waals surface area (Å²) in [5.41, 5.74) is -0.0957. The summed E-state index contributed by atoms with van der Waals surface area (Å²) in [4.78, 5) is 13.2. The van der Waals surface area contributed by atoms with Crippen LogP contribution < -0.4 is 5.32 Å². The van der Waals surface area contributed by atoms with Crippen LogP contribution in [0.5, 0.6) is 0 Å². The third kappa shape index (κ3) is 3.87. The molecular formula is C22H25ClFNO2. The van der Waals surface area contributed by atoms with E-state index in [2.05, 4.69) is 5.32 Å². The number of halogens is 2. The summed E-state index contributed by atoms with van der Waals surface area (Å²) in [7, 11) is 1.53. The molecule has 0 heterocycles. The van der Waals surface area contributed by atoms with Gasteiger partial charge in [0, 0.05) is 17.7 Å². The lowest BCUT2D eigenvalue weighted by Crippen LogP contribution is -2.48. The average Bonchev–Trinajstić information content (AvgIpc) is 3.18. The van der Waals surface area contributed by atoms with Gasteiger partial charge in [-0.25, -0.2) is 4.39 Å². The highest BCUT2D eigenvalue weighted by Gasteiger charge is 2.43. The third-order valence-electron chi connectivity index (χ3n) is 5.77. The maximum atomic E-state index is 14.3. The van der Waals surface area contributed by atoms with Crippen molar-refractivity contribution in [2.75, 3.05) is 13.7 Å². The van der Waals surface area contributed by atoms with Crippen LogP contribution >= 0.6 is 11.6 Å². The van der Waals surface area contributed by atoms with Crippen LogP contribution in [0.15, 0.2) is 48.5 Å². The first kappa shape index (κ1) is 19.8. The molecule has 0 bridgehead atoms. The van der Waals surface area contributed by atoms with Crippen LogP contribution in [-0.2, 0) is 20.5 Å². The monoisotopic (exact) mass is 389 g/mol. The number of hydrogen-bond acceptors (Lipinski definition) is 2. The number of benzene rings is 2. The molecule has 1 saturated carbocycles. The number of methoxy groups -OCH3 is 1. The maximum Gasteiger partial charge on any atom is 0.230 e. The summed E-state index contributed by atoms with van der Waals surface area (Å²) in [5.74, 6) is -0.383. The molecule has 0 aliphatic heterocycles. The topological polar surface area (TPSA) is 38.3 Å². The Balaban J connectivity index is 1.82. The van der Waals surface area contributed by atoms with Crippen molar-refractivity contribution >= 4 is 17.5 Å². The highest BCUT2D eigenvalue weighted by atomic mass is 35.5. The van der Waals surface area contributed by atoms with E-state index in [1.165, 1.54) is 13.2 Å². The van der Waals surface area contributed by atoms with E-state index in [4.69, 9.17) is 16.3 Å². The molecule has 5 heteroatoms. The Kier molecular flexibility index (Phi) is 5.87. The number of nitrogens with one attached hydrogen (secondary N) is 1. The van der Waals surface area contributed by atoms with E-state index >= 15 is 0 Å². The molecule has 2 aromatic carbocycles. The second-order valence-electron chi connectivity index (χ2n) is 7.39. The van der Waals surface area contributed by atoms with Crippen molar-refractivity contribution in [2.45, 2.75) is 43.6 Å². The molecule has 3 nitrogen and oxygen atoms in total. The van der Waals surface area contributed by atoms with Gasteiger partial charge < -0.3 is 10.1 Å². The van der Waals surface area contributed by atoms with Crippen LogP contribution in [0.1, 0.15) is 43.7 Å². The number of carbonyl (C=O) groups is 1. The second-order valence-corrected chi connectivity index (χ2v) is 7.83. The summed E-state index contributed by atoms with van der Waals surface area (Å²) < 4.78 is 19.9. The zero-order valence-corrected chi connectivity index (χ0v) is 16.5. The predicted octanol–water partition coefficient (Wildman–Crippen LogP) is 4.97. The van der Waals surface area contributed by atoms with E-state index < -0.39 is 11.0 Å². The van der Waals surface area contributed by atoms with Gasteiger partial charge in [0.25, 0.3) is 0 Å². The van der Waals surface area contributed by atoms with E-state index in [0.29, 0.717) is 10.6 Å². The Labute approximate surface area is 164 Å². The molecule has 0 aromatic heterocycles. The van der Waals surface area contributed by atoms with Gasteiger partial charge in [0.2, 0.25) is 5.91 Å². The van der Waals surface area contributed by atoms with Gasteiger partial charge in [-0.1, -0.05) is 54.8 Å². The lowest BCUT2D eigenvalue weighted by molar-refractivity contribution is -0.128. The minimum atomic E-state index is -0.944. The van der Waals surface area contributed by atoms with Crippen LogP contribution in [0.2, 0.25) is 5.02 Å². The summed E-state index contributed by atoms with van der Waals surface area (Å²) in [6, 6.07) is 14.0. The lowest BCUT2D eigenvalue weighted by atomic mass is 9.78. The van der Waals surface area contributed by atoms with Gasteiger partial charge in [-0.15, -0.1) is 0 Å². The average molecular weight is 390 g/mol. The number of carbonyl (C=O) groups excluding carboxylic acids is 1. The summed E-state index contributed by atoms with van der Waals surface area (Å²) in [5, 5.41) is 3.68. The lowest BCUT2D eigenvalue weighted by Gasteiger charge is -2.33. The smallest absolute Gasteiger partial charge is 0.230 e. The van der Waals surface area contributed by atoms with Gasteiger partial charge in [0.15, 0.2) is 0 Å². The van der Waals surface area contributed by atoms with E-state index in [1.54, 1.807) is 25.1 Å². The van der Waals surface area contributed by atoms with Crippen LogP contribution in [0.4, 0.5) is 4.39 Å². The van der Waals surface area contributed by atoms with Gasteiger partial charge in [-0.05, 0) is 43.5 Å². The molecule has 2 aromatic rings. The zero-order chi connectivity index (χ0) is 19.5. The molecule has 1 aliphatic carbocycles. The molecule has 1 fully saturated rings. The van der Waals surface area contributed by atoms with Crippen molar-refractivity contribution in [3.05, 3.63) is 70.5 Å². The molecule has 1 amide bonds. The number of rotatable bonds is 6. The van der Waals surface area contributed by atoms with Crippen LogP contribution in [0.3, 0.4) is 0 Å². The van der Waals surface area contributed by atoms with Crippen molar-refractivity contribution < 1.29 is 13.9 Å². The molecule has 27 heavy (non-hydrogen) atoms. The van der Waals surface area contributed by atoms with E-state index in [9.17, 15) is 9.18 Å². The Morgan fingerprint density at radius 2 is 1.81 bits per heavy atom. The quantitative estimate of drug-likeness (QED) is 0.757. The first-order chi connectivity index (χ1) is 12.9. The highest BCUT2D eigenvalue weighted by molar-refractivity contribution is 6.30. The first-order valence-electron chi connectivity index (χ1n) is 9.26. The van der Waals surface area contributed by atoms with Crippen molar-refractivity contribution in [1.82, 2.24) is 5.32 Å². The van der Waals surface area contributed by atoms with Crippen molar-refractivity contribution in [2.24, 2.45) is 0 Å². The summed E-state index contributed by atoms with van der Waals surface area (Å²) in [6.07, 6.45) is 3.60. The molecule has 0 spiro atoms. The number of hydrogen-bond donors (Lipinski definition) is 1. The minimum Gasteiger partial charge on any atom is -0.372 e. The van der Waals surface area contributed by atoms with Crippen molar-refractivity contribution in [3.8, 4) is 0 Å². The molecule has 1 aliphatic rings. The summed E-state index contributed by atoms with van der Waals surface area (Å²) >= 11 is 6.01. The number of ether oxygens (including phenoxy) is 1. The minimum absolute atomic E-state index is 0.0399. The Morgan fingerprint density at radius 1 is 1.19 bits per heavy atom. The number of amides is 1. The third-order valence-corrected chi connectivity index (χ3v) is 6.02. The van der Waals surface area contributed by atoms with E-state index in [-0.39, 0.29) is 18.3 Å².